The number of hydrogen-bond donors (Lipinski definition) is 2. The molecular weight excluding hydrogens is 571 g/mol. The van der Waals surface area contributed by atoms with E-state index in [9.17, 15) is 9.79 Å². The van der Waals surface area contributed by atoms with Crippen molar-refractivity contribution < 1.29 is 14.3 Å². The van der Waals surface area contributed by atoms with Crippen molar-refractivity contribution in [2.24, 2.45) is 0 Å². The Balaban J connectivity index is 2.70. The van der Waals surface area contributed by atoms with Gasteiger partial charge in [0.25, 0.3) is 0 Å². The maximum atomic E-state index is 10.1. The summed E-state index contributed by atoms with van der Waals surface area (Å²) >= 11 is 0. The number of hydrogen-bond acceptors (Lipinski definition) is 3. The molecule has 0 unspecified atom stereocenters. The summed E-state index contributed by atoms with van der Waals surface area (Å²) in [5.41, 5.74) is 13.2. The standard InChI is InChI=1S/C41H61O3P/c1-25-20-29(37(3,4)5)28(30(21-25)38(6,7)8)24-27-18-19-33(44-45(42)43)36(41(15,16)17)34(27)35-31(39(9,10)11)22-26(2)23-32(35)40(12,13)14/h18-23,42-43H,24H2,1-17H3. The van der Waals surface area contributed by atoms with Gasteiger partial charge in [-0.05, 0) is 97.9 Å². The van der Waals surface area contributed by atoms with Gasteiger partial charge in [0, 0.05) is 5.56 Å². The molecule has 3 nitrogen and oxygen atoms in total. The van der Waals surface area contributed by atoms with Crippen molar-refractivity contribution in [1.29, 1.82) is 0 Å². The lowest BCUT2D eigenvalue weighted by Crippen LogP contribution is -2.24. The van der Waals surface area contributed by atoms with Crippen molar-refractivity contribution >= 4 is 8.60 Å². The second-order valence-corrected chi connectivity index (χ2v) is 19.0. The van der Waals surface area contributed by atoms with Crippen LogP contribution in [0.25, 0.3) is 11.1 Å². The van der Waals surface area contributed by atoms with Crippen LogP contribution < -0.4 is 4.52 Å². The van der Waals surface area contributed by atoms with E-state index in [-0.39, 0.29) is 27.1 Å². The Labute approximate surface area is 276 Å². The van der Waals surface area contributed by atoms with E-state index >= 15 is 0 Å². The Morgan fingerprint density at radius 3 is 1.24 bits per heavy atom. The molecule has 0 saturated carbocycles. The summed E-state index contributed by atoms with van der Waals surface area (Å²) in [4.78, 5) is 20.3. The van der Waals surface area contributed by atoms with Crippen LogP contribution in [-0.2, 0) is 33.5 Å². The summed E-state index contributed by atoms with van der Waals surface area (Å²) in [6.45, 7) is 38.7. The van der Waals surface area contributed by atoms with Gasteiger partial charge in [-0.25, -0.2) is 0 Å². The van der Waals surface area contributed by atoms with Crippen LogP contribution >= 0.6 is 8.60 Å². The first-order chi connectivity index (χ1) is 20.1. The molecule has 0 heterocycles. The molecule has 3 aromatic rings. The third-order valence-corrected chi connectivity index (χ3v) is 9.07. The van der Waals surface area contributed by atoms with E-state index in [0.717, 1.165) is 17.5 Å². The molecule has 0 saturated heterocycles. The molecule has 45 heavy (non-hydrogen) atoms. The molecule has 0 amide bonds. The highest BCUT2D eigenvalue weighted by Crippen LogP contribution is 2.51. The first kappa shape index (κ1) is 37.3. The van der Waals surface area contributed by atoms with Crippen LogP contribution in [-0.4, -0.2) is 9.79 Å². The minimum absolute atomic E-state index is 0.0436. The molecule has 248 valence electrons. The molecule has 0 radical (unpaired) electrons. The van der Waals surface area contributed by atoms with Gasteiger partial charge in [-0.15, -0.1) is 0 Å². The zero-order chi connectivity index (χ0) is 34.7. The summed E-state index contributed by atoms with van der Waals surface area (Å²) in [5.74, 6) is 0.536. The molecule has 0 aromatic heterocycles. The third-order valence-electron chi connectivity index (χ3n) is 8.71. The lowest BCUT2D eigenvalue weighted by molar-refractivity contribution is 0.370. The van der Waals surface area contributed by atoms with Gasteiger partial charge in [0.15, 0.2) is 0 Å². The van der Waals surface area contributed by atoms with Crippen LogP contribution in [0.5, 0.6) is 5.75 Å². The highest BCUT2D eigenvalue weighted by molar-refractivity contribution is 7.39. The summed E-state index contributed by atoms with van der Waals surface area (Å²) in [6, 6.07) is 13.6. The summed E-state index contributed by atoms with van der Waals surface area (Å²) in [6.07, 6.45) is 0.756. The fraction of sp³-hybridized carbons (Fsp3) is 0.561. The summed E-state index contributed by atoms with van der Waals surface area (Å²) in [7, 11) is -2.59. The molecule has 0 spiro atoms. The zero-order valence-electron chi connectivity index (χ0n) is 31.4. The van der Waals surface area contributed by atoms with Gasteiger partial charge in [0.05, 0.1) is 0 Å². The molecule has 2 N–H and O–H groups in total. The second kappa shape index (κ2) is 12.4. The predicted octanol–water partition coefficient (Wildman–Crippen LogP) is 11.6. The van der Waals surface area contributed by atoms with E-state index in [1.165, 1.54) is 50.1 Å². The van der Waals surface area contributed by atoms with Crippen molar-refractivity contribution in [2.45, 2.75) is 151 Å². The Morgan fingerprint density at radius 1 is 0.533 bits per heavy atom. The molecule has 4 heteroatoms. The fourth-order valence-corrected chi connectivity index (χ4v) is 7.07. The van der Waals surface area contributed by atoms with Crippen LogP contribution in [0.4, 0.5) is 0 Å². The molecule has 0 aliphatic rings. The lowest BCUT2D eigenvalue weighted by Gasteiger charge is -2.36. The zero-order valence-corrected chi connectivity index (χ0v) is 32.3. The topological polar surface area (TPSA) is 49.7 Å². The molecule has 0 bridgehead atoms. The van der Waals surface area contributed by atoms with Crippen molar-refractivity contribution in [1.82, 2.24) is 0 Å². The third kappa shape index (κ3) is 8.40. The summed E-state index contributed by atoms with van der Waals surface area (Å²) < 4.78 is 5.86. The van der Waals surface area contributed by atoms with E-state index in [4.69, 9.17) is 4.52 Å². The van der Waals surface area contributed by atoms with Crippen LogP contribution in [0.15, 0.2) is 36.4 Å². The van der Waals surface area contributed by atoms with E-state index < -0.39 is 8.60 Å². The van der Waals surface area contributed by atoms with Crippen molar-refractivity contribution in [3.8, 4) is 16.9 Å². The molecule has 0 fully saturated rings. The van der Waals surface area contributed by atoms with E-state index in [1.807, 2.05) is 6.07 Å². The smallest absolute Gasteiger partial charge is 0.391 e. The monoisotopic (exact) mass is 632 g/mol. The molecule has 0 aliphatic heterocycles. The SMILES string of the molecule is Cc1cc(C(C)(C)C)c(Cc2ccc(OP(O)O)c(C(C)(C)C)c2-c2c(C(C)(C)C)cc(C)cc2C(C)(C)C)c(C(C)(C)C)c1. The molecule has 0 aliphatic carbocycles. The molecule has 0 atom stereocenters. The lowest BCUT2D eigenvalue weighted by atomic mass is 9.68. The quantitative estimate of drug-likeness (QED) is 0.275. The number of aryl methyl sites for hydroxylation is 2. The largest absolute Gasteiger partial charge is 0.427 e. The Kier molecular flexibility index (Phi) is 10.3. The average Bonchev–Trinajstić information content (AvgIpc) is 2.81. The fourth-order valence-electron chi connectivity index (χ4n) is 6.74. The van der Waals surface area contributed by atoms with Gasteiger partial charge >= 0.3 is 8.60 Å². The van der Waals surface area contributed by atoms with Gasteiger partial charge in [-0.1, -0.05) is 145 Å². The normalized spacial score (nSPS) is 13.5. The number of rotatable bonds is 5. The molecular formula is C41H61O3P. The maximum Gasteiger partial charge on any atom is 0.391 e. The van der Waals surface area contributed by atoms with E-state index in [2.05, 4.69) is 148 Å². The summed E-state index contributed by atoms with van der Waals surface area (Å²) in [5, 5.41) is 0. The van der Waals surface area contributed by atoms with Crippen LogP contribution in [0.2, 0.25) is 0 Å². The predicted molar refractivity (Wildman–Crippen MR) is 196 cm³/mol. The van der Waals surface area contributed by atoms with Gasteiger partial charge in [-0.3, -0.25) is 0 Å². The highest BCUT2D eigenvalue weighted by Gasteiger charge is 2.35. The van der Waals surface area contributed by atoms with Crippen molar-refractivity contribution in [3.05, 3.63) is 86.5 Å². The van der Waals surface area contributed by atoms with E-state index in [0.29, 0.717) is 5.75 Å². The van der Waals surface area contributed by atoms with Crippen molar-refractivity contribution in [3.63, 3.8) is 0 Å². The van der Waals surface area contributed by atoms with Crippen molar-refractivity contribution in [2.75, 3.05) is 0 Å². The van der Waals surface area contributed by atoms with Gasteiger partial charge in [0.2, 0.25) is 0 Å². The minimum atomic E-state index is -2.59. The average molecular weight is 633 g/mol. The Hall–Kier alpha value is -2.19. The van der Waals surface area contributed by atoms with Gasteiger partial charge in [-0.2, -0.15) is 0 Å². The van der Waals surface area contributed by atoms with E-state index in [1.54, 1.807) is 0 Å². The first-order valence-corrected chi connectivity index (χ1v) is 17.6. The minimum Gasteiger partial charge on any atom is -0.427 e. The van der Waals surface area contributed by atoms with Crippen LogP contribution in [0.1, 0.15) is 154 Å². The van der Waals surface area contributed by atoms with Crippen LogP contribution in [0.3, 0.4) is 0 Å². The second-order valence-electron chi connectivity index (χ2n) is 18.3. The Morgan fingerprint density at radius 2 is 0.911 bits per heavy atom. The van der Waals surface area contributed by atoms with Crippen LogP contribution in [0, 0.1) is 13.8 Å². The molecule has 3 aromatic carbocycles. The van der Waals surface area contributed by atoms with Gasteiger partial charge in [0.1, 0.15) is 5.75 Å². The van der Waals surface area contributed by atoms with Gasteiger partial charge < -0.3 is 14.3 Å². The molecule has 3 rings (SSSR count). The first-order valence-electron chi connectivity index (χ1n) is 16.5. The maximum absolute atomic E-state index is 10.1. The number of benzene rings is 3. The Bertz CT molecular complexity index is 1470. The highest BCUT2D eigenvalue weighted by atomic mass is 31.2.